The maximum Gasteiger partial charge on any atom is 0.0940 e. The molecule has 1 aromatic carbocycles. The van der Waals surface area contributed by atoms with Gasteiger partial charge in [-0.1, -0.05) is 17.7 Å². The molecule has 3 rings (SSSR count). The van der Waals surface area contributed by atoms with Gasteiger partial charge in [0.25, 0.3) is 0 Å². The van der Waals surface area contributed by atoms with E-state index in [-0.39, 0.29) is 11.6 Å². The molecule has 3 nitrogen and oxygen atoms in total. The van der Waals surface area contributed by atoms with Crippen LogP contribution in [0.1, 0.15) is 30.9 Å². The molecule has 2 N–H and O–H groups in total. The van der Waals surface area contributed by atoms with E-state index in [2.05, 4.69) is 28.7 Å². The Morgan fingerprint density at radius 3 is 2.95 bits per heavy atom. The first kappa shape index (κ1) is 15.0. The third kappa shape index (κ3) is 2.99. The Morgan fingerprint density at radius 2 is 2.25 bits per heavy atom. The van der Waals surface area contributed by atoms with Crippen LogP contribution in [0.5, 0.6) is 0 Å². The van der Waals surface area contributed by atoms with Crippen molar-refractivity contribution < 1.29 is 9.47 Å². The van der Waals surface area contributed by atoms with Crippen LogP contribution in [0, 0.1) is 9.49 Å². The van der Waals surface area contributed by atoms with E-state index in [0.29, 0.717) is 12.5 Å². The van der Waals surface area contributed by atoms with Gasteiger partial charge >= 0.3 is 0 Å². The summed E-state index contributed by atoms with van der Waals surface area (Å²) in [6.45, 7) is 2.29. The molecule has 0 saturated carbocycles. The molecular formula is C15H19ClINO2. The first-order chi connectivity index (χ1) is 9.60. The molecule has 0 aliphatic carbocycles. The normalized spacial score (nSPS) is 31.6. The molecule has 1 aromatic rings. The molecule has 2 aliphatic rings. The van der Waals surface area contributed by atoms with Gasteiger partial charge < -0.3 is 15.2 Å². The molecule has 5 heteroatoms. The van der Waals surface area contributed by atoms with E-state index in [9.17, 15) is 0 Å². The molecule has 2 saturated heterocycles. The molecule has 3 unspecified atom stereocenters. The fraction of sp³-hybridized carbons (Fsp3) is 0.600. The Hall–Kier alpha value is 0.120. The summed E-state index contributed by atoms with van der Waals surface area (Å²) in [6.07, 6.45) is 2.98. The second-order valence-corrected chi connectivity index (χ2v) is 7.36. The van der Waals surface area contributed by atoms with Gasteiger partial charge in [-0.05, 0) is 59.0 Å². The molecule has 1 spiro atoms. The van der Waals surface area contributed by atoms with Crippen molar-refractivity contribution in [3.8, 4) is 0 Å². The maximum atomic E-state index is 6.48. The number of hydrogen-bond donors (Lipinski definition) is 1. The molecular weight excluding hydrogens is 389 g/mol. The van der Waals surface area contributed by atoms with Crippen LogP contribution in [0.4, 0.5) is 0 Å². The van der Waals surface area contributed by atoms with E-state index in [4.69, 9.17) is 26.8 Å². The van der Waals surface area contributed by atoms with Crippen molar-refractivity contribution in [1.82, 2.24) is 0 Å². The molecule has 2 heterocycles. The van der Waals surface area contributed by atoms with Crippen LogP contribution in [-0.2, 0) is 9.47 Å². The SMILES string of the molecule is NC(c1ccc(I)c(Cl)c1)C1CCOC2(CCOC2)C1. The lowest BCUT2D eigenvalue weighted by Gasteiger charge is -2.39. The number of nitrogens with two attached hydrogens (primary N) is 1. The van der Waals surface area contributed by atoms with Gasteiger partial charge in [0.15, 0.2) is 0 Å². The number of hydrogen-bond acceptors (Lipinski definition) is 3. The van der Waals surface area contributed by atoms with Gasteiger partial charge in [-0.3, -0.25) is 0 Å². The summed E-state index contributed by atoms with van der Waals surface area (Å²) in [6, 6.07) is 6.14. The Labute approximate surface area is 138 Å². The maximum absolute atomic E-state index is 6.48. The largest absolute Gasteiger partial charge is 0.378 e. The summed E-state index contributed by atoms with van der Waals surface area (Å²) in [5.74, 6) is 0.432. The lowest BCUT2D eigenvalue weighted by Crippen LogP contribution is -2.43. The zero-order valence-electron chi connectivity index (χ0n) is 11.3. The lowest BCUT2D eigenvalue weighted by molar-refractivity contribution is -0.101. The standard InChI is InChI=1S/C15H19ClINO2/c16-12-7-10(1-2-13(12)17)14(18)11-3-5-20-15(8-11)4-6-19-9-15/h1-2,7,11,14H,3-6,8-9,18H2. The highest BCUT2D eigenvalue weighted by Crippen LogP contribution is 2.40. The van der Waals surface area contributed by atoms with Crippen LogP contribution in [-0.4, -0.2) is 25.4 Å². The monoisotopic (exact) mass is 407 g/mol. The predicted molar refractivity (Wildman–Crippen MR) is 87.9 cm³/mol. The number of benzene rings is 1. The van der Waals surface area contributed by atoms with Crippen molar-refractivity contribution in [2.24, 2.45) is 11.7 Å². The second-order valence-electron chi connectivity index (χ2n) is 5.79. The van der Waals surface area contributed by atoms with Crippen molar-refractivity contribution in [1.29, 1.82) is 0 Å². The fourth-order valence-corrected chi connectivity index (χ4v) is 3.75. The number of halogens is 2. The third-order valence-corrected chi connectivity index (χ3v) is 6.01. The second kappa shape index (κ2) is 6.08. The van der Waals surface area contributed by atoms with E-state index in [0.717, 1.165) is 46.6 Å². The smallest absolute Gasteiger partial charge is 0.0940 e. The predicted octanol–water partition coefficient (Wildman–Crippen LogP) is 3.53. The van der Waals surface area contributed by atoms with Gasteiger partial charge in [0, 0.05) is 29.2 Å². The molecule has 0 aromatic heterocycles. The molecule has 0 bridgehead atoms. The Kier molecular flexibility index (Phi) is 4.57. The van der Waals surface area contributed by atoms with Gasteiger partial charge in [0.1, 0.15) is 0 Å². The highest BCUT2D eigenvalue weighted by Gasteiger charge is 2.42. The minimum atomic E-state index is -0.0897. The van der Waals surface area contributed by atoms with Crippen LogP contribution in [0.3, 0.4) is 0 Å². The van der Waals surface area contributed by atoms with E-state index in [1.54, 1.807) is 0 Å². The Morgan fingerprint density at radius 1 is 1.40 bits per heavy atom. The van der Waals surface area contributed by atoms with Crippen LogP contribution in [0.15, 0.2) is 18.2 Å². The van der Waals surface area contributed by atoms with Gasteiger partial charge in [0.05, 0.1) is 17.2 Å². The average Bonchev–Trinajstić information content (AvgIpc) is 2.89. The number of rotatable bonds is 2. The highest BCUT2D eigenvalue weighted by atomic mass is 127. The molecule has 0 amide bonds. The lowest BCUT2D eigenvalue weighted by atomic mass is 9.79. The van der Waals surface area contributed by atoms with E-state index >= 15 is 0 Å². The van der Waals surface area contributed by atoms with Crippen molar-refractivity contribution in [3.63, 3.8) is 0 Å². The van der Waals surface area contributed by atoms with Gasteiger partial charge in [-0.25, -0.2) is 0 Å². The summed E-state index contributed by atoms with van der Waals surface area (Å²) < 4.78 is 12.6. The summed E-state index contributed by atoms with van der Waals surface area (Å²) in [5, 5.41) is 0.782. The summed E-state index contributed by atoms with van der Waals surface area (Å²) in [7, 11) is 0. The zero-order valence-corrected chi connectivity index (χ0v) is 14.2. The van der Waals surface area contributed by atoms with Gasteiger partial charge in [-0.15, -0.1) is 0 Å². The van der Waals surface area contributed by atoms with Crippen molar-refractivity contribution in [2.75, 3.05) is 19.8 Å². The Bertz CT molecular complexity index is 491. The van der Waals surface area contributed by atoms with Crippen LogP contribution >= 0.6 is 34.2 Å². The Balaban J connectivity index is 1.75. The van der Waals surface area contributed by atoms with Gasteiger partial charge in [-0.2, -0.15) is 0 Å². The zero-order chi connectivity index (χ0) is 14.2. The van der Waals surface area contributed by atoms with E-state index < -0.39 is 0 Å². The van der Waals surface area contributed by atoms with Gasteiger partial charge in [0.2, 0.25) is 0 Å². The molecule has 20 heavy (non-hydrogen) atoms. The highest BCUT2D eigenvalue weighted by molar-refractivity contribution is 14.1. The van der Waals surface area contributed by atoms with Crippen LogP contribution < -0.4 is 5.73 Å². The molecule has 0 radical (unpaired) electrons. The first-order valence-corrected chi connectivity index (χ1v) is 8.48. The number of ether oxygens (including phenoxy) is 2. The summed E-state index contributed by atoms with van der Waals surface area (Å²) in [5.41, 5.74) is 7.51. The van der Waals surface area contributed by atoms with Crippen molar-refractivity contribution >= 4 is 34.2 Å². The molecule has 110 valence electrons. The minimum Gasteiger partial charge on any atom is -0.378 e. The van der Waals surface area contributed by atoms with Crippen molar-refractivity contribution in [2.45, 2.75) is 30.9 Å². The molecule has 2 fully saturated rings. The van der Waals surface area contributed by atoms with Crippen LogP contribution in [0.25, 0.3) is 0 Å². The third-order valence-electron chi connectivity index (χ3n) is 4.43. The van der Waals surface area contributed by atoms with E-state index in [1.165, 1.54) is 0 Å². The minimum absolute atomic E-state index is 0.0193. The van der Waals surface area contributed by atoms with E-state index in [1.807, 2.05) is 12.1 Å². The average molecular weight is 408 g/mol. The molecule has 2 aliphatic heterocycles. The quantitative estimate of drug-likeness (QED) is 0.763. The van der Waals surface area contributed by atoms with Crippen molar-refractivity contribution in [3.05, 3.63) is 32.4 Å². The first-order valence-electron chi connectivity index (χ1n) is 7.02. The molecule has 3 atom stereocenters. The topological polar surface area (TPSA) is 44.5 Å². The van der Waals surface area contributed by atoms with Crippen LogP contribution in [0.2, 0.25) is 5.02 Å². The summed E-state index contributed by atoms with van der Waals surface area (Å²) >= 11 is 8.45. The fourth-order valence-electron chi connectivity index (χ4n) is 3.23. The summed E-state index contributed by atoms with van der Waals surface area (Å²) in [4.78, 5) is 0.